The van der Waals surface area contributed by atoms with E-state index in [9.17, 15) is 9.59 Å². The van der Waals surface area contributed by atoms with Crippen LogP contribution in [0.2, 0.25) is 0 Å². The summed E-state index contributed by atoms with van der Waals surface area (Å²) >= 11 is 0. The molecule has 0 amide bonds. The maximum atomic E-state index is 11.9. The lowest BCUT2D eigenvalue weighted by molar-refractivity contribution is 0.399. The molecule has 0 bridgehead atoms. The predicted octanol–water partition coefficient (Wildman–Crippen LogP) is -0.108. The molecule has 0 aliphatic carbocycles. The Morgan fingerprint density at radius 1 is 1.45 bits per heavy atom. The van der Waals surface area contributed by atoms with E-state index in [1.165, 1.54) is 4.57 Å². The Labute approximate surface area is 117 Å². The summed E-state index contributed by atoms with van der Waals surface area (Å²) in [5, 5.41) is 3.11. The van der Waals surface area contributed by atoms with E-state index in [1.807, 2.05) is 6.92 Å². The molecule has 1 saturated heterocycles. The predicted molar refractivity (Wildman–Crippen MR) is 80.1 cm³/mol. The van der Waals surface area contributed by atoms with Crippen LogP contribution in [0.1, 0.15) is 19.8 Å². The molecule has 1 fully saturated rings. The van der Waals surface area contributed by atoms with Crippen LogP contribution in [0.5, 0.6) is 0 Å². The van der Waals surface area contributed by atoms with Crippen molar-refractivity contribution in [3.05, 3.63) is 20.8 Å². The van der Waals surface area contributed by atoms with Gasteiger partial charge in [-0.05, 0) is 32.4 Å². The van der Waals surface area contributed by atoms with E-state index in [0.29, 0.717) is 24.7 Å². The molecule has 0 radical (unpaired) electrons. The van der Waals surface area contributed by atoms with Crippen molar-refractivity contribution < 1.29 is 0 Å². The van der Waals surface area contributed by atoms with Gasteiger partial charge in [0.2, 0.25) is 0 Å². The summed E-state index contributed by atoms with van der Waals surface area (Å²) in [6.45, 7) is 5.25. The molecule has 20 heavy (non-hydrogen) atoms. The Bertz CT molecular complexity index is 577. The molecule has 0 aromatic carbocycles. The smallest absolute Gasteiger partial charge is 0.330 e. The van der Waals surface area contributed by atoms with Gasteiger partial charge in [0.05, 0.1) is 0 Å². The van der Waals surface area contributed by atoms with Crippen LogP contribution in [0.4, 0.5) is 11.5 Å². The normalized spacial score (nSPS) is 19.4. The fourth-order valence-electron chi connectivity index (χ4n) is 2.64. The van der Waals surface area contributed by atoms with Gasteiger partial charge in [0.1, 0.15) is 11.5 Å². The standard InChI is InChI=1S/C13H23N5O2/c1-3-5-18-11(14)10(12(19)16-13(18)20)15-7-9-4-6-17(2)8-9/h9,15H,3-8,14H2,1-2H3,(H,16,19,20). The highest BCUT2D eigenvalue weighted by Gasteiger charge is 2.20. The van der Waals surface area contributed by atoms with Crippen molar-refractivity contribution >= 4 is 11.5 Å². The van der Waals surface area contributed by atoms with Crippen LogP contribution in [-0.4, -0.2) is 41.1 Å². The average molecular weight is 281 g/mol. The van der Waals surface area contributed by atoms with E-state index in [0.717, 1.165) is 25.9 Å². The van der Waals surface area contributed by atoms with Crippen molar-refractivity contribution in [2.75, 3.05) is 37.7 Å². The molecule has 1 aliphatic rings. The maximum absolute atomic E-state index is 11.9. The molecule has 1 atom stereocenters. The Hall–Kier alpha value is -1.76. The number of nitrogens with one attached hydrogen (secondary N) is 2. The lowest BCUT2D eigenvalue weighted by Crippen LogP contribution is -2.34. The second-order valence-electron chi connectivity index (χ2n) is 5.47. The third-order valence-electron chi connectivity index (χ3n) is 3.74. The molecule has 1 unspecified atom stereocenters. The number of hydrogen-bond donors (Lipinski definition) is 3. The van der Waals surface area contributed by atoms with Gasteiger partial charge in [-0.1, -0.05) is 6.92 Å². The van der Waals surface area contributed by atoms with Gasteiger partial charge < -0.3 is 16.0 Å². The molecule has 4 N–H and O–H groups in total. The summed E-state index contributed by atoms with van der Waals surface area (Å²) in [4.78, 5) is 28.1. The summed E-state index contributed by atoms with van der Waals surface area (Å²) in [6.07, 6.45) is 1.89. The fraction of sp³-hybridized carbons (Fsp3) is 0.692. The van der Waals surface area contributed by atoms with Gasteiger partial charge >= 0.3 is 5.69 Å². The third kappa shape index (κ3) is 3.04. The first-order chi connectivity index (χ1) is 9.52. The van der Waals surface area contributed by atoms with Crippen LogP contribution in [-0.2, 0) is 6.54 Å². The SMILES string of the molecule is CCCn1c(N)c(NCC2CCN(C)C2)c(=O)[nH]c1=O. The van der Waals surface area contributed by atoms with Crippen molar-refractivity contribution in [2.45, 2.75) is 26.3 Å². The molecule has 1 aromatic heterocycles. The zero-order chi connectivity index (χ0) is 14.7. The Kier molecular flexibility index (Phi) is 4.49. The highest BCUT2D eigenvalue weighted by atomic mass is 16.2. The van der Waals surface area contributed by atoms with Crippen LogP contribution in [0.15, 0.2) is 9.59 Å². The Morgan fingerprint density at radius 3 is 2.80 bits per heavy atom. The van der Waals surface area contributed by atoms with E-state index in [4.69, 9.17) is 5.73 Å². The number of nitrogen functional groups attached to an aromatic ring is 1. The maximum Gasteiger partial charge on any atom is 0.330 e. The van der Waals surface area contributed by atoms with Gasteiger partial charge in [-0.25, -0.2) is 4.79 Å². The number of aromatic amines is 1. The monoisotopic (exact) mass is 281 g/mol. The molecule has 1 aliphatic heterocycles. The molecule has 7 nitrogen and oxygen atoms in total. The van der Waals surface area contributed by atoms with Crippen molar-refractivity contribution in [3.63, 3.8) is 0 Å². The molecule has 0 spiro atoms. The number of hydrogen-bond acceptors (Lipinski definition) is 5. The van der Waals surface area contributed by atoms with E-state index in [1.54, 1.807) is 0 Å². The lowest BCUT2D eigenvalue weighted by atomic mass is 10.1. The number of nitrogens with two attached hydrogens (primary N) is 1. The molecular weight excluding hydrogens is 258 g/mol. The number of likely N-dealkylation sites (tertiary alicyclic amines) is 1. The van der Waals surface area contributed by atoms with Gasteiger partial charge in [0, 0.05) is 19.6 Å². The van der Waals surface area contributed by atoms with Crippen LogP contribution in [0.3, 0.4) is 0 Å². The lowest BCUT2D eigenvalue weighted by Gasteiger charge is -2.15. The van der Waals surface area contributed by atoms with E-state index in [-0.39, 0.29) is 5.82 Å². The first-order valence-corrected chi connectivity index (χ1v) is 7.08. The van der Waals surface area contributed by atoms with Gasteiger partial charge in [-0.2, -0.15) is 0 Å². The molecule has 1 aromatic rings. The average Bonchev–Trinajstić information content (AvgIpc) is 2.80. The molecule has 2 heterocycles. The molecule has 7 heteroatoms. The van der Waals surface area contributed by atoms with Crippen LogP contribution in [0, 0.1) is 5.92 Å². The summed E-state index contributed by atoms with van der Waals surface area (Å²) in [7, 11) is 2.09. The first-order valence-electron chi connectivity index (χ1n) is 7.08. The number of H-pyrrole nitrogens is 1. The number of anilines is 2. The Morgan fingerprint density at radius 2 is 2.20 bits per heavy atom. The minimum atomic E-state index is -0.444. The van der Waals surface area contributed by atoms with Crippen LogP contribution >= 0.6 is 0 Å². The highest BCUT2D eigenvalue weighted by Crippen LogP contribution is 2.16. The van der Waals surface area contributed by atoms with E-state index < -0.39 is 11.2 Å². The zero-order valence-electron chi connectivity index (χ0n) is 12.1. The minimum absolute atomic E-state index is 0.229. The van der Waals surface area contributed by atoms with Crippen molar-refractivity contribution in [3.8, 4) is 0 Å². The van der Waals surface area contributed by atoms with Crippen LogP contribution in [0.25, 0.3) is 0 Å². The first kappa shape index (κ1) is 14.6. The van der Waals surface area contributed by atoms with Crippen molar-refractivity contribution in [1.82, 2.24) is 14.5 Å². The molecule has 112 valence electrons. The van der Waals surface area contributed by atoms with Gasteiger partial charge in [-0.3, -0.25) is 14.3 Å². The van der Waals surface area contributed by atoms with Crippen molar-refractivity contribution in [2.24, 2.45) is 5.92 Å². The summed E-state index contributed by atoms with van der Waals surface area (Å²) in [5.74, 6) is 0.734. The summed E-state index contributed by atoms with van der Waals surface area (Å²) < 4.78 is 1.41. The van der Waals surface area contributed by atoms with Gasteiger partial charge in [0.15, 0.2) is 0 Å². The Balaban J connectivity index is 2.16. The number of aromatic nitrogens is 2. The molecular formula is C13H23N5O2. The fourth-order valence-corrected chi connectivity index (χ4v) is 2.64. The molecule has 0 saturated carbocycles. The zero-order valence-corrected chi connectivity index (χ0v) is 12.1. The second kappa shape index (κ2) is 6.13. The number of rotatable bonds is 5. The summed E-state index contributed by atoms with van der Waals surface area (Å²) in [5.41, 5.74) is 5.38. The highest BCUT2D eigenvalue weighted by molar-refractivity contribution is 5.60. The van der Waals surface area contributed by atoms with Crippen molar-refractivity contribution in [1.29, 1.82) is 0 Å². The number of nitrogens with zero attached hydrogens (tertiary/aromatic N) is 2. The largest absolute Gasteiger partial charge is 0.383 e. The van der Waals surface area contributed by atoms with E-state index in [2.05, 4.69) is 22.2 Å². The second-order valence-corrected chi connectivity index (χ2v) is 5.47. The topological polar surface area (TPSA) is 96.2 Å². The van der Waals surface area contributed by atoms with Gasteiger partial charge in [-0.15, -0.1) is 0 Å². The molecule has 2 rings (SSSR count). The quantitative estimate of drug-likeness (QED) is 0.700. The third-order valence-corrected chi connectivity index (χ3v) is 3.74. The minimum Gasteiger partial charge on any atom is -0.383 e. The van der Waals surface area contributed by atoms with Crippen LogP contribution < -0.4 is 22.3 Å². The van der Waals surface area contributed by atoms with Gasteiger partial charge in [0.25, 0.3) is 5.56 Å². The summed E-state index contributed by atoms with van der Waals surface area (Å²) in [6, 6.07) is 0. The van der Waals surface area contributed by atoms with E-state index >= 15 is 0 Å².